The molecule has 0 radical (unpaired) electrons. The van der Waals surface area contributed by atoms with E-state index in [1.807, 2.05) is 12.1 Å². The summed E-state index contributed by atoms with van der Waals surface area (Å²) in [6, 6.07) is 8.63. The number of rotatable bonds is 5. The second-order valence-electron chi connectivity index (χ2n) is 6.85. The molecule has 1 saturated carbocycles. The van der Waals surface area contributed by atoms with Gasteiger partial charge in [-0.15, -0.1) is 0 Å². The third-order valence-electron chi connectivity index (χ3n) is 5.25. The van der Waals surface area contributed by atoms with E-state index in [2.05, 4.69) is 22.3 Å². The van der Waals surface area contributed by atoms with Gasteiger partial charge in [0.2, 0.25) is 5.91 Å². The Morgan fingerprint density at radius 3 is 2.57 bits per heavy atom. The van der Waals surface area contributed by atoms with E-state index in [9.17, 15) is 4.79 Å². The van der Waals surface area contributed by atoms with E-state index in [1.54, 1.807) is 7.11 Å². The normalized spacial score (nSPS) is 20.6. The van der Waals surface area contributed by atoms with Crippen LogP contribution in [0.5, 0.6) is 5.75 Å². The van der Waals surface area contributed by atoms with Crippen LogP contribution < -0.4 is 10.1 Å². The van der Waals surface area contributed by atoms with Crippen LogP contribution in [0.4, 0.5) is 0 Å². The highest BCUT2D eigenvalue weighted by molar-refractivity contribution is 5.79. The van der Waals surface area contributed by atoms with E-state index in [0.29, 0.717) is 6.04 Å². The quantitative estimate of drug-likeness (QED) is 0.908. The van der Waals surface area contributed by atoms with Gasteiger partial charge >= 0.3 is 0 Å². The van der Waals surface area contributed by atoms with Crippen LogP contribution in [-0.4, -0.2) is 37.0 Å². The number of hydrogen-bond donors (Lipinski definition) is 1. The van der Waals surface area contributed by atoms with Gasteiger partial charge in [0.25, 0.3) is 0 Å². The van der Waals surface area contributed by atoms with Crippen molar-refractivity contribution in [1.82, 2.24) is 10.2 Å². The molecular weight excluding hydrogens is 288 g/mol. The van der Waals surface area contributed by atoms with Crippen LogP contribution in [0, 0.1) is 5.92 Å². The third-order valence-corrected chi connectivity index (χ3v) is 5.25. The molecule has 0 atom stereocenters. The molecule has 1 heterocycles. The predicted molar refractivity (Wildman–Crippen MR) is 91.4 cm³/mol. The van der Waals surface area contributed by atoms with E-state index in [4.69, 9.17) is 4.74 Å². The Balaban J connectivity index is 1.47. The van der Waals surface area contributed by atoms with Crippen LogP contribution in [0.1, 0.15) is 44.1 Å². The number of methoxy groups -OCH3 is 1. The van der Waals surface area contributed by atoms with Gasteiger partial charge in [-0.1, -0.05) is 31.0 Å². The zero-order valence-corrected chi connectivity index (χ0v) is 14.1. The second kappa shape index (κ2) is 7.82. The smallest absolute Gasteiger partial charge is 0.223 e. The fourth-order valence-corrected chi connectivity index (χ4v) is 3.82. The summed E-state index contributed by atoms with van der Waals surface area (Å²) in [6.07, 6.45) is 6.79. The molecule has 23 heavy (non-hydrogen) atoms. The Kier molecular flexibility index (Phi) is 5.55. The molecule has 0 spiro atoms. The molecule has 1 aliphatic carbocycles. The van der Waals surface area contributed by atoms with Crippen molar-refractivity contribution in [1.29, 1.82) is 0 Å². The molecule has 2 fully saturated rings. The molecule has 1 saturated heterocycles. The highest BCUT2D eigenvalue weighted by Crippen LogP contribution is 2.24. The number of carbonyl (C=O) groups is 1. The molecule has 4 nitrogen and oxygen atoms in total. The Morgan fingerprint density at radius 1 is 1.17 bits per heavy atom. The number of carbonyl (C=O) groups excluding carboxylic acids is 1. The maximum atomic E-state index is 12.4. The Morgan fingerprint density at radius 2 is 1.87 bits per heavy atom. The summed E-state index contributed by atoms with van der Waals surface area (Å²) >= 11 is 0. The van der Waals surface area contributed by atoms with Crippen molar-refractivity contribution in [3.63, 3.8) is 0 Å². The number of nitrogens with one attached hydrogen (secondary N) is 1. The maximum Gasteiger partial charge on any atom is 0.223 e. The lowest BCUT2D eigenvalue weighted by atomic mass is 9.95. The average molecular weight is 316 g/mol. The summed E-state index contributed by atoms with van der Waals surface area (Å²) in [4.78, 5) is 14.8. The zero-order valence-electron chi connectivity index (χ0n) is 14.1. The third kappa shape index (κ3) is 4.25. The lowest BCUT2D eigenvalue weighted by molar-refractivity contribution is -0.127. The van der Waals surface area contributed by atoms with Crippen molar-refractivity contribution < 1.29 is 9.53 Å². The fraction of sp³-hybridized carbons (Fsp3) is 0.632. The van der Waals surface area contributed by atoms with Gasteiger partial charge in [0.15, 0.2) is 0 Å². The van der Waals surface area contributed by atoms with E-state index < -0.39 is 0 Å². The molecule has 1 aromatic rings. The van der Waals surface area contributed by atoms with E-state index in [0.717, 1.165) is 38.2 Å². The van der Waals surface area contributed by atoms with Crippen molar-refractivity contribution in [3.8, 4) is 5.75 Å². The van der Waals surface area contributed by atoms with Crippen molar-refractivity contribution in [2.45, 2.75) is 51.1 Å². The van der Waals surface area contributed by atoms with Crippen LogP contribution in [0.2, 0.25) is 0 Å². The largest absolute Gasteiger partial charge is 0.496 e. The fourth-order valence-electron chi connectivity index (χ4n) is 3.82. The van der Waals surface area contributed by atoms with Gasteiger partial charge < -0.3 is 10.1 Å². The first-order valence-corrected chi connectivity index (χ1v) is 8.91. The monoisotopic (exact) mass is 316 g/mol. The summed E-state index contributed by atoms with van der Waals surface area (Å²) < 4.78 is 5.43. The predicted octanol–water partition coefficient (Wildman–Crippen LogP) is 2.97. The van der Waals surface area contributed by atoms with E-state index >= 15 is 0 Å². The lowest BCUT2D eigenvalue weighted by Crippen LogP contribution is -2.43. The van der Waals surface area contributed by atoms with Gasteiger partial charge in [-0.3, -0.25) is 9.69 Å². The Hall–Kier alpha value is -1.55. The number of amides is 1. The van der Waals surface area contributed by atoms with Crippen LogP contribution in [0.3, 0.4) is 0 Å². The minimum Gasteiger partial charge on any atom is -0.496 e. The number of ether oxygens (including phenoxy) is 1. The number of nitrogens with zero attached hydrogens (tertiary/aromatic N) is 1. The van der Waals surface area contributed by atoms with Crippen molar-refractivity contribution in [2.24, 2.45) is 5.92 Å². The lowest BCUT2D eigenvalue weighted by Gasteiger charge is -2.32. The Bertz CT molecular complexity index is 518. The molecule has 1 aromatic carbocycles. The molecule has 0 bridgehead atoms. The van der Waals surface area contributed by atoms with E-state index in [1.165, 1.54) is 31.2 Å². The second-order valence-corrected chi connectivity index (χ2v) is 6.85. The molecule has 4 heteroatoms. The highest BCUT2D eigenvalue weighted by atomic mass is 16.5. The number of hydrogen-bond acceptors (Lipinski definition) is 3. The first kappa shape index (κ1) is 16.3. The van der Waals surface area contributed by atoms with Crippen LogP contribution >= 0.6 is 0 Å². The molecule has 0 unspecified atom stereocenters. The summed E-state index contributed by atoms with van der Waals surface area (Å²) in [5.74, 6) is 1.44. The minimum atomic E-state index is 0.199. The summed E-state index contributed by atoms with van der Waals surface area (Å²) in [5.41, 5.74) is 1.23. The van der Waals surface area contributed by atoms with Crippen LogP contribution in [-0.2, 0) is 11.3 Å². The standard InChI is InChI=1S/C19H28N2O2/c1-23-18-9-5-2-6-16(18)14-21-12-10-15(11-13-21)19(22)20-17-7-3-4-8-17/h2,5-6,9,15,17H,3-4,7-8,10-14H2,1H3,(H,20,22). The first-order valence-electron chi connectivity index (χ1n) is 8.91. The van der Waals surface area contributed by atoms with Gasteiger partial charge in [-0.25, -0.2) is 0 Å². The molecule has 1 N–H and O–H groups in total. The maximum absolute atomic E-state index is 12.4. The first-order chi connectivity index (χ1) is 11.3. The van der Waals surface area contributed by atoms with Gasteiger partial charge in [0.1, 0.15) is 5.75 Å². The summed E-state index contributed by atoms with van der Waals surface area (Å²) in [6.45, 7) is 2.88. The SMILES string of the molecule is COc1ccccc1CN1CCC(C(=O)NC2CCCC2)CC1. The van der Waals surface area contributed by atoms with Crippen molar-refractivity contribution >= 4 is 5.91 Å². The summed E-state index contributed by atoms with van der Waals surface area (Å²) in [7, 11) is 1.72. The van der Waals surface area contributed by atoms with Crippen molar-refractivity contribution in [3.05, 3.63) is 29.8 Å². The number of piperidine rings is 1. The summed E-state index contributed by atoms with van der Waals surface area (Å²) in [5, 5.41) is 3.25. The molecule has 3 rings (SSSR count). The van der Waals surface area contributed by atoms with Gasteiger partial charge in [0, 0.05) is 24.1 Å². The number of para-hydroxylation sites is 1. The number of benzene rings is 1. The molecule has 126 valence electrons. The number of likely N-dealkylation sites (tertiary alicyclic amines) is 1. The van der Waals surface area contributed by atoms with Crippen LogP contribution in [0.25, 0.3) is 0 Å². The zero-order chi connectivity index (χ0) is 16.1. The van der Waals surface area contributed by atoms with Gasteiger partial charge in [-0.05, 0) is 44.8 Å². The highest BCUT2D eigenvalue weighted by Gasteiger charge is 2.27. The molecule has 1 aliphatic heterocycles. The van der Waals surface area contributed by atoms with E-state index in [-0.39, 0.29) is 11.8 Å². The van der Waals surface area contributed by atoms with Crippen molar-refractivity contribution in [2.75, 3.05) is 20.2 Å². The molecule has 2 aliphatic rings. The molecular formula is C19H28N2O2. The molecule has 1 amide bonds. The average Bonchev–Trinajstić information content (AvgIpc) is 3.09. The topological polar surface area (TPSA) is 41.6 Å². The molecule has 0 aromatic heterocycles. The van der Waals surface area contributed by atoms with Gasteiger partial charge in [-0.2, -0.15) is 0 Å². The van der Waals surface area contributed by atoms with Gasteiger partial charge in [0.05, 0.1) is 7.11 Å². The Labute approximate surface area is 139 Å². The van der Waals surface area contributed by atoms with Crippen LogP contribution in [0.15, 0.2) is 24.3 Å². The minimum absolute atomic E-state index is 0.199.